The Hall–Kier alpha value is -0.0800. The smallest absolute Gasteiger partial charge is 0.0499 e. The summed E-state index contributed by atoms with van der Waals surface area (Å²) in [4.78, 5) is 0. The summed E-state index contributed by atoms with van der Waals surface area (Å²) in [6.07, 6.45) is 11.9. The summed E-state index contributed by atoms with van der Waals surface area (Å²) in [7, 11) is 0. The Morgan fingerprint density at radius 3 is 2.37 bits per heavy atom. The first kappa shape index (κ1) is 15.3. The van der Waals surface area contributed by atoms with Gasteiger partial charge in [-0.2, -0.15) is 0 Å². The molecule has 0 aromatic carbocycles. The predicted octanol–water partition coefficient (Wildman–Crippen LogP) is 3.73. The second-order valence-corrected chi connectivity index (χ2v) is 7.40. The SMILES string of the molecule is CC(C)C1CCCCC1NCC1(CO)CCCCC1. The molecule has 2 aliphatic carbocycles. The lowest BCUT2D eigenvalue weighted by molar-refractivity contribution is 0.0700. The zero-order chi connectivity index (χ0) is 13.7. The van der Waals surface area contributed by atoms with E-state index in [2.05, 4.69) is 19.2 Å². The van der Waals surface area contributed by atoms with E-state index in [1.54, 1.807) is 0 Å². The van der Waals surface area contributed by atoms with E-state index in [9.17, 15) is 5.11 Å². The molecular formula is C17H33NO. The van der Waals surface area contributed by atoms with Crippen molar-refractivity contribution in [3.63, 3.8) is 0 Å². The van der Waals surface area contributed by atoms with Crippen molar-refractivity contribution in [1.82, 2.24) is 5.32 Å². The van der Waals surface area contributed by atoms with Crippen LogP contribution in [0.1, 0.15) is 71.6 Å². The van der Waals surface area contributed by atoms with Gasteiger partial charge in [-0.25, -0.2) is 0 Å². The summed E-state index contributed by atoms with van der Waals surface area (Å²) in [6.45, 7) is 6.15. The van der Waals surface area contributed by atoms with Gasteiger partial charge in [0.15, 0.2) is 0 Å². The molecule has 2 rings (SSSR count). The monoisotopic (exact) mass is 267 g/mol. The maximum atomic E-state index is 9.81. The van der Waals surface area contributed by atoms with Crippen molar-refractivity contribution in [2.45, 2.75) is 77.7 Å². The van der Waals surface area contributed by atoms with E-state index in [0.717, 1.165) is 18.4 Å². The third-order valence-electron chi connectivity index (χ3n) is 5.66. The Morgan fingerprint density at radius 2 is 1.74 bits per heavy atom. The molecule has 0 aliphatic heterocycles. The number of aliphatic hydroxyl groups excluding tert-OH is 1. The molecule has 0 aromatic rings. The number of hydrogen-bond donors (Lipinski definition) is 2. The van der Waals surface area contributed by atoms with E-state index in [-0.39, 0.29) is 5.41 Å². The van der Waals surface area contributed by atoms with Crippen LogP contribution in [0.15, 0.2) is 0 Å². The summed E-state index contributed by atoms with van der Waals surface area (Å²) in [5.41, 5.74) is 0.192. The summed E-state index contributed by atoms with van der Waals surface area (Å²) in [5, 5.41) is 13.7. The minimum absolute atomic E-state index is 0.192. The van der Waals surface area contributed by atoms with Crippen molar-refractivity contribution in [3.8, 4) is 0 Å². The highest BCUT2D eigenvalue weighted by Crippen LogP contribution is 2.36. The van der Waals surface area contributed by atoms with E-state index in [4.69, 9.17) is 0 Å². The third kappa shape index (κ3) is 3.95. The van der Waals surface area contributed by atoms with Gasteiger partial charge in [0, 0.05) is 24.6 Å². The number of aliphatic hydroxyl groups is 1. The normalized spacial score (nSPS) is 31.6. The van der Waals surface area contributed by atoms with Crippen molar-refractivity contribution < 1.29 is 5.11 Å². The summed E-state index contributed by atoms with van der Waals surface area (Å²) >= 11 is 0. The zero-order valence-electron chi connectivity index (χ0n) is 13.0. The number of hydrogen-bond acceptors (Lipinski definition) is 2. The Morgan fingerprint density at radius 1 is 1.05 bits per heavy atom. The second-order valence-electron chi connectivity index (χ2n) is 7.40. The predicted molar refractivity (Wildman–Crippen MR) is 81.2 cm³/mol. The van der Waals surface area contributed by atoms with Gasteiger partial charge in [-0.1, -0.05) is 46.0 Å². The van der Waals surface area contributed by atoms with Crippen molar-refractivity contribution in [1.29, 1.82) is 0 Å². The first-order chi connectivity index (χ1) is 9.17. The van der Waals surface area contributed by atoms with Gasteiger partial charge in [0.1, 0.15) is 0 Å². The molecule has 2 N–H and O–H groups in total. The summed E-state index contributed by atoms with van der Waals surface area (Å²) in [6, 6.07) is 0.694. The van der Waals surface area contributed by atoms with Crippen LogP contribution in [0.2, 0.25) is 0 Å². The van der Waals surface area contributed by atoms with E-state index in [0.29, 0.717) is 12.6 Å². The Labute approximate surface area is 119 Å². The van der Waals surface area contributed by atoms with Gasteiger partial charge in [-0.15, -0.1) is 0 Å². The number of nitrogens with one attached hydrogen (secondary N) is 1. The van der Waals surface area contributed by atoms with Gasteiger partial charge in [-0.3, -0.25) is 0 Å². The van der Waals surface area contributed by atoms with E-state index in [1.165, 1.54) is 57.8 Å². The van der Waals surface area contributed by atoms with Crippen LogP contribution in [0.3, 0.4) is 0 Å². The maximum absolute atomic E-state index is 9.81. The molecule has 2 saturated carbocycles. The molecule has 2 atom stereocenters. The average molecular weight is 267 g/mol. The largest absolute Gasteiger partial charge is 0.396 e. The van der Waals surface area contributed by atoms with Crippen LogP contribution >= 0.6 is 0 Å². The van der Waals surface area contributed by atoms with Gasteiger partial charge in [-0.05, 0) is 37.5 Å². The molecule has 0 spiro atoms. The molecule has 2 fully saturated rings. The van der Waals surface area contributed by atoms with Gasteiger partial charge < -0.3 is 10.4 Å². The molecular weight excluding hydrogens is 234 g/mol. The molecule has 19 heavy (non-hydrogen) atoms. The molecule has 0 aromatic heterocycles. The van der Waals surface area contributed by atoms with Crippen molar-refractivity contribution in [2.24, 2.45) is 17.3 Å². The van der Waals surface area contributed by atoms with Crippen LogP contribution < -0.4 is 5.32 Å². The molecule has 112 valence electrons. The fraction of sp³-hybridized carbons (Fsp3) is 1.00. The molecule has 0 radical (unpaired) electrons. The fourth-order valence-electron chi connectivity index (χ4n) is 4.25. The van der Waals surface area contributed by atoms with Gasteiger partial charge in [0.2, 0.25) is 0 Å². The van der Waals surface area contributed by atoms with Gasteiger partial charge in [0.25, 0.3) is 0 Å². The highest BCUT2D eigenvalue weighted by Gasteiger charge is 2.34. The van der Waals surface area contributed by atoms with Gasteiger partial charge >= 0.3 is 0 Å². The zero-order valence-corrected chi connectivity index (χ0v) is 13.0. The lowest BCUT2D eigenvalue weighted by Gasteiger charge is -2.40. The Bertz CT molecular complexity index is 258. The molecule has 0 saturated heterocycles. The maximum Gasteiger partial charge on any atom is 0.0499 e. The molecule has 2 unspecified atom stereocenters. The van der Waals surface area contributed by atoms with Crippen molar-refractivity contribution in [2.75, 3.05) is 13.2 Å². The Kier molecular flexibility index (Phi) is 5.70. The van der Waals surface area contributed by atoms with Crippen LogP contribution in [0.5, 0.6) is 0 Å². The van der Waals surface area contributed by atoms with Crippen LogP contribution in [0, 0.1) is 17.3 Å². The highest BCUT2D eigenvalue weighted by atomic mass is 16.3. The first-order valence-electron chi connectivity index (χ1n) is 8.51. The fourth-order valence-corrected chi connectivity index (χ4v) is 4.25. The molecule has 2 aliphatic rings. The summed E-state index contributed by atoms with van der Waals surface area (Å²) in [5.74, 6) is 1.63. The molecule has 0 amide bonds. The Balaban J connectivity index is 1.88. The summed E-state index contributed by atoms with van der Waals surface area (Å²) < 4.78 is 0. The average Bonchev–Trinajstić information content (AvgIpc) is 2.46. The molecule has 2 nitrogen and oxygen atoms in total. The topological polar surface area (TPSA) is 32.3 Å². The standard InChI is InChI=1S/C17H33NO/c1-14(2)15-8-4-5-9-16(15)18-12-17(13-19)10-6-3-7-11-17/h14-16,18-19H,3-13H2,1-2H3. The minimum atomic E-state index is 0.192. The van der Waals surface area contributed by atoms with Crippen molar-refractivity contribution in [3.05, 3.63) is 0 Å². The molecule has 0 heterocycles. The lowest BCUT2D eigenvalue weighted by atomic mass is 9.73. The molecule has 0 bridgehead atoms. The van der Waals surface area contributed by atoms with Crippen LogP contribution in [-0.2, 0) is 0 Å². The lowest BCUT2D eigenvalue weighted by Crippen LogP contribution is -2.47. The minimum Gasteiger partial charge on any atom is -0.396 e. The van der Waals surface area contributed by atoms with Crippen LogP contribution in [-0.4, -0.2) is 24.3 Å². The van der Waals surface area contributed by atoms with E-state index < -0.39 is 0 Å². The van der Waals surface area contributed by atoms with Crippen LogP contribution in [0.4, 0.5) is 0 Å². The quantitative estimate of drug-likeness (QED) is 0.795. The van der Waals surface area contributed by atoms with E-state index >= 15 is 0 Å². The number of rotatable bonds is 5. The van der Waals surface area contributed by atoms with Crippen LogP contribution in [0.25, 0.3) is 0 Å². The second kappa shape index (κ2) is 7.08. The van der Waals surface area contributed by atoms with E-state index in [1.807, 2.05) is 0 Å². The first-order valence-corrected chi connectivity index (χ1v) is 8.51. The highest BCUT2D eigenvalue weighted by molar-refractivity contribution is 4.89. The third-order valence-corrected chi connectivity index (χ3v) is 5.66. The van der Waals surface area contributed by atoms with Gasteiger partial charge in [0.05, 0.1) is 0 Å². The van der Waals surface area contributed by atoms with Crippen molar-refractivity contribution >= 4 is 0 Å². The molecule has 2 heteroatoms.